The third-order valence-electron chi connectivity index (χ3n) is 3.88. The quantitative estimate of drug-likeness (QED) is 0.187. The first-order chi connectivity index (χ1) is 15.3. The van der Waals surface area contributed by atoms with Crippen molar-refractivity contribution in [3.8, 4) is 0 Å². The monoisotopic (exact) mass is 606 g/mol. The Labute approximate surface area is 201 Å². The van der Waals surface area contributed by atoms with Gasteiger partial charge in [-0.05, 0) is 36.4 Å². The molecule has 0 atom stereocenters. The topological polar surface area (TPSA) is 74.3 Å². The van der Waals surface area contributed by atoms with Gasteiger partial charge in [-0.3, -0.25) is 9.47 Å². The number of hydrogen-bond acceptors (Lipinski definition) is 5. The van der Waals surface area contributed by atoms with Gasteiger partial charge in [-0.2, -0.15) is 0 Å². The number of aromatic nitrogens is 2. The molecule has 1 aromatic heterocycles. The van der Waals surface area contributed by atoms with Crippen LogP contribution in [-0.4, -0.2) is 42.0 Å². The Bertz CT molecular complexity index is 1040. The van der Waals surface area contributed by atoms with E-state index >= 15 is 0 Å². The van der Waals surface area contributed by atoms with Gasteiger partial charge in [0.05, 0.1) is 41.9 Å². The fourth-order valence-electron chi connectivity index (χ4n) is 2.50. The zero-order valence-electron chi connectivity index (χ0n) is 16.7. The van der Waals surface area contributed by atoms with E-state index in [-0.39, 0.29) is 13.1 Å². The van der Waals surface area contributed by atoms with E-state index in [0.29, 0.717) is 11.4 Å². The molecular formula is C19H18Br2F6N4O2. The maximum atomic E-state index is 11.8. The number of rotatable bonds is 7. The molecule has 33 heavy (non-hydrogen) atoms. The van der Waals surface area contributed by atoms with Crippen molar-refractivity contribution in [3.63, 3.8) is 0 Å². The zero-order chi connectivity index (χ0) is 24.6. The summed E-state index contributed by atoms with van der Waals surface area (Å²) in [6.45, 7) is -0.760. The molecule has 3 rings (SSSR count). The van der Waals surface area contributed by atoms with Gasteiger partial charge in [0.15, 0.2) is 0 Å². The minimum atomic E-state index is -4.59. The fraction of sp³-hybridized carbons (Fsp3) is 0.316. The Morgan fingerprint density at radius 3 is 2.18 bits per heavy atom. The first-order valence-corrected chi connectivity index (χ1v) is 10.7. The number of nitrogens with one attached hydrogen (secondary N) is 1. The summed E-state index contributed by atoms with van der Waals surface area (Å²) in [7, 11) is 0. The van der Waals surface area contributed by atoms with Gasteiger partial charge in [-0.25, -0.2) is 4.98 Å². The Morgan fingerprint density at radius 2 is 1.52 bits per heavy atom. The lowest BCUT2D eigenvalue weighted by atomic mass is 10.3. The minimum Gasteiger partial charge on any atom is -0.397 e. The van der Waals surface area contributed by atoms with Crippen LogP contribution >= 0.6 is 31.9 Å². The van der Waals surface area contributed by atoms with Crippen LogP contribution in [0, 0.1) is 0 Å². The standard InChI is InChI=1S/C10H8BrF3N2O.C9H10BrF3N2O/c11-7-1-2-8-9(5-7)16(6-15-8)3-4-17-10(12,13)14;10-6-1-2-7(14)8(5-6)15-3-4-16-9(11,12)13/h1-2,5-6H,3-4H2;1-2,5,15H,3-4,14H2. The largest absolute Gasteiger partial charge is 0.522 e. The molecule has 0 bridgehead atoms. The molecular weight excluding hydrogens is 590 g/mol. The highest BCUT2D eigenvalue weighted by atomic mass is 79.9. The molecule has 0 spiro atoms. The number of benzene rings is 2. The van der Waals surface area contributed by atoms with Gasteiger partial charge in [0.25, 0.3) is 0 Å². The highest BCUT2D eigenvalue weighted by molar-refractivity contribution is 9.10. The van der Waals surface area contributed by atoms with Gasteiger partial charge >= 0.3 is 12.7 Å². The van der Waals surface area contributed by atoms with Crippen molar-refractivity contribution in [2.24, 2.45) is 0 Å². The maximum absolute atomic E-state index is 11.8. The second-order valence-electron chi connectivity index (χ2n) is 6.32. The highest BCUT2D eigenvalue weighted by Crippen LogP contribution is 2.23. The number of anilines is 2. The van der Waals surface area contributed by atoms with Crippen molar-refractivity contribution in [1.29, 1.82) is 0 Å². The van der Waals surface area contributed by atoms with E-state index in [4.69, 9.17) is 5.73 Å². The number of halogens is 8. The first kappa shape index (κ1) is 27.2. The summed E-state index contributed by atoms with van der Waals surface area (Å²) in [5.74, 6) is 0. The smallest absolute Gasteiger partial charge is 0.397 e. The van der Waals surface area contributed by atoms with Gasteiger partial charge in [-0.1, -0.05) is 31.9 Å². The van der Waals surface area contributed by atoms with Crippen LogP contribution in [-0.2, 0) is 16.0 Å². The number of imidazole rings is 1. The van der Waals surface area contributed by atoms with Crippen LogP contribution in [0.4, 0.5) is 37.7 Å². The number of nitrogens with zero attached hydrogens (tertiary/aromatic N) is 2. The van der Waals surface area contributed by atoms with Gasteiger partial charge in [-0.15, -0.1) is 26.3 Å². The van der Waals surface area contributed by atoms with Crippen LogP contribution in [0.25, 0.3) is 11.0 Å². The number of hydrogen-bond donors (Lipinski definition) is 2. The van der Waals surface area contributed by atoms with Crippen LogP contribution in [0.5, 0.6) is 0 Å². The van der Waals surface area contributed by atoms with Crippen molar-refractivity contribution >= 4 is 54.3 Å². The number of nitrogens with two attached hydrogens (primary N) is 1. The molecule has 0 aliphatic carbocycles. The van der Waals surface area contributed by atoms with Crippen molar-refractivity contribution in [2.75, 3.05) is 30.8 Å². The molecule has 0 radical (unpaired) electrons. The first-order valence-electron chi connectivity index (χ1n) is 9.15. The highest BCUT2D eigenvalue weighted by Gasteiger charge is 2.29. The second-order valence-corrected chi connectivity index (χ2v) is 8.15. The lowest BCUT2D eigenvalue weighted by Crippen LogP contribution is -2.19. The summed E-state index contributed by atoms with van der Waals surface area (Å²) in [6.07, 6.45) is -7.68. The summed E-state index contributed by atoms with van der Waals surface area (Å²) < 4.78 is 80.9. The van der Waals surface area contributed by atoms with Crippen LogP contribution in [0.3, 0.4) is 0 Å². The van der Waals surface area contributed by atoms with Crippen LogP contribution in [0.15, 0.2) is 51.7 Å². The number of alkyl halides is 6. The summed E-state index contributed by atoms with van der Waals surface area (Å²) in [5.41, 5.74) is 8.15. The number of nitrogen functional groups attached to an aromatic ring is 1. The third kappa shape index (κ3) is 10.2. The molecule has 2 aromatic carbocycles. The molecule has 0 amide bonds. The van der Waals surface area contributed by atoms with Gasteiger partial charge < -0.3 is 15.6 Å². The minimum absolute atomic E-state index is 0.0279. The molecule has 0 saturated carbocycles. The average molecular weight is 608 g/mol. The van der Waals surface area contributed by atoms with Crippen molar-refractivity contribution in [3.05, 3.63) is 51.7 Å². The van der Waals surface area contributed by atoms with E-state index in [2.05, 4.69) is 51.6 Å². The normalized spacial score (nSPS) is 11.9. The Balaban J connectivity index is 0.000000234. The summed E-state index contributed by atoms with van der Waals surface area (Å²) in [6, 6.07) is 10.5. The van der Waals surface area contributed by atoms with Crippen LogP contribution < -0.4 is 11.1 Å². The van der Waals surface area contributed by atoms with Crippen molar-refractivity contribution in [2.45, 2.75) is 19.3 Å². The SMILES string of the molecule is FC(F)(F)OCCn1cnc2ccc(Br)cc21.Nc1ccc(Br)cc1NCCOC(F)(F)F. The predicted molar refractivity (Wildman–Crippen MR) is 118 cm³/mol. The van der Waals surface area contributed by atoms with Crippen LogP contribution in [0.2, 0.25) is 0 Å². The molecule has 0 aliphatic rings. The number of ether oxygens (including phenoxy) is 2. The lowest BCUT2D eigenvalue weighted by Gasteiger charge is -2.11. The maximum Gasteiger partial charge on any atom is 0.522 e. The second kappa shape index (κ2) is 11.9. The average Bonchev–Trinajstić information content (AvgIpc) is 3.09. The Kier molecular flexibility index (Phi) is 9.82. The Morgan fingerprint density at radius 1 is 0.909 bits per heavy atom. The number of fused-ring (bicyclic) bond motifs is 1. The molecule has 14 heteroatoms. The zero-order valence-corrected chi connectivity index (χ0v) is 19.9. The molecule has 1 heterocycles. The van der Waals surface area contributed by atoms with Crippen molar-refractivity contribution in [1.82, 2.24) is 9.55 Å². The predicted octanol–water partition coefficient (Wildman–Crippen LogP) is 6.31. The van der Waals surface area contributed by atoms with Crippen LogP contribution in [0.1, 0.15) is 0 Å². The fourth-order valence-corrected chi connectivity index (χ4v) is 3.21. The Hall–Kier alpha value is -2.03. The molecule has 182 valence electrons. The molecule has 3 aromatic rings. The van der Waals surface area contributed by atoms with E-state index < -0.39 is 25.9 Å². The summed E-state index contributed by atoms with van der Waals surface area (Å²) in [5, 5.41) is 2.75. The lowest BCUT2D eigenvalue weighted by molar-refractivity contribution is -0.325. The molecule has 0 saturated heterocycles. The van der Waals surface area contributed by atoms with Gasteiger partial charge in [0, 0.05) is 22.0 Å². The third-order valence-corrected chi connectivity index (χ3v) is 4.87. The van der Waals surface area contributed by atoms with E-state index in [1.807, 2.05) is 6.07 Å². The van der Waals surface area contributed by atoms with E-state index in [0.717, 1.165) is 20.0 Å². The van der Waals surface area contributed by atoms with Gasteiger partial charge in [0.2, 0.25) is 0 Å². The summed E-state index contributed by atoms with van der Waals surface area (Å²) in [4.78, 5) is 4.08. The molecule has 6 nitrogen and oxygen atoms in total. The van der Waals surface area contributed by atoms with E-state index in [9.17, 15) is 26.3 Å². The van der Waals surface area contributed by atoms with E-state index in [1.54, 1.807) is 34.9 Å². The molecule has 0 fully saturated rings. The van der Waals surface area contributed by atoms with Gasteiger partial charge in [0.1, 0.15) is 0 Å². The molecule has 0 aliphatic heterocycles. The molecule has 0 unspecified atom stereocenters. The summed E-state index contributed by atoms with van der Waals surface area (Å²) >= 11 is 6.53. The van der Waals surface area contributed by atoms with Crippen molar-refractivity contribution < 1.29 is 35.8 Å². The van der Waals surface area contributed by atoms with E-state index in [1.165, 1.54) is 6.33 Å². The molecule has 3 N–H and O–H groups in total.